The molecule has 0 aromatic carbocycles. The fourth-order valence-electron chi connectivity index (χ4n) is 2.20. The summed E-state index contributed by atoms with van der Waals surface area (Å²) in [4.78, 5) is 6.62. The van der Waals surface area contributed by atoms with Gasteiger partial charge in [0.1, 0.15) is 9.84 Å². The first-order valence-corrected chi connectivity index (χ1v) is 9.81. The molecule has 1 atom stereocenters. The van der Waals surface area contributed by atoms with E-state index in [2.05, 4.69) is 15.2 Å². The van der Waals surface area contributed by atoms with E-state index in [0.717, 1.165) is 38.7 Å². The van der Waals surface area contributed by atoms with Crippen molar-refractivity contribution in [1.82, 2.24) is 10.2 Å². The topological polar surface area (TPSA) is 80.2 Å². The second-order valence-electron chi connectivity index (χ2n) is 5.59. The van der Waals surface area contributed by atoms with Crippen LogP contribution in [0.1, 0.15) is 13.3 Å². The summed E-state index contributed by atoms with van der Waals surface area (Å²) >= 11 is 0. The molecule has 0 radical (unpaired) electrons. The van der Waals surface area contributed by atoms with Crippen molar-refractivity contribution in [1.29, 1.82) is 0 Å². The summed E-state index contributed by atoms with van der Waals surface area (Å²) in [7, 11) is -0.938. The van der Waals surface area contributed by atoms with Crippen LogP contribution in [0.25, 0.3) is 0 Å². The monoisotopic (exact) mass is 463 g/mol. The lowest BCUT2D eigenvalue weighted by atomic mass is 10.1. The second-order valence-corrected chi connectivity index (χ2v) is 7.85. The van der Waals surface area contributed by atoms with E-state index in [0.29, 0.717) is 19.1 Å². The molecule has 0 aromatic heterocycles. The average molecular weight is 463 g/mol. The van der Waals surface area contributed by atoms with Gasteiger partial charge >= 0.3 is 0 Å². The van der Waals surface area contributed by atoms with E-state index in [4.69, 9.17) is 9.47 Å². The van der Waals surface area contributed by atoms with Gasteiger partial charge in [-0.2, -0.15) is 0 Å². The van der Waals surface area contributed by atoms with Crippen molar-refractivity contribution >= 4 is 39.8 Å². The smallest absolute Gasteiger partial charge is 0.193 e. The van der Waals surface area contributed by atoms with Crippen LogP contribution < -0.4 is 5.32 Å². The summed E-state index contributed by atoms with van der Waals surface area (Å²) in [6.45, 7) is 6.58. The van der Waals surface area contributed by atoms with Gasteiger partial charge in [0.15, 0.2) is 5.96 Å². The Morgan fingerprint density at radius 3 is 2.74 bits per heavy atom. The molecule has 23 heavy (non-hydrogen) atoms. The number of halogens is 1. The molecule has 9 heteroatoms. The molecule has 1 N–H and O–H groups in total. The van der Waals surface area contributed by atoms with E-state index in [9.17, 15) is 8.42 Å². The number of guanidine groups is 1. The van der Waals surface area contributed by atoms with Gasteiger partial charge in [0.05, 0.1) is 32.1 Å². The molecule has 1 heterocycles. The molecule has 1 aliphatic heterocycles. The van der Waals surface area contributed by atoms with E-state index in [1.165, 1.54) is 6.26 Å². The van der Waals surface area contributed by atoms with E-state index in [1.807, 2.05) is 14.0 Å². The van der Waals surface area contributed by atoms with E-state index < -0.39 is 9.84 Å². The van der Waals surface area contributed by atoms with Gasteiger partial charge in [0, 0.05) is 38.9 Å². The largest absolute Gasteiger partial charge is 0.381 e. The highest BCUT2D eigenvalue weighted by atomic mass is 127. The van der Waals surface area contributed by atoms with Gasteiger partial charge in [-0.1, -0.05) is 0 Å². The third kappa shape index (κ3) is 11.1. The lowest BCUT2D eigenvalue weighted by Crippen LogP contribution is -2.41. The quantitative estimate of drug-likeness (QED) is 0.234. The molecule has 138 valence electrons. The van der Waals surface area contributed by atoms with Crippen LogP contribution in [0.15, 0.2) is 4.99 Å². The maximum atomic E-state index is 11.0. The van der Waals surface area contributed by atoms with Crippen LogP contribution >= 0.6 is 24.0 Å². The normalized spacial score (nSPS) is 18.6. The van der Waals surface area contributed by atoms with Gasteiger partial charge in [-0.15, -0.1) is 24.0 Å². The molecule has 0 amide bonds. The molecule has 0 aromatic rings. The summed E-state index contributed by atoms with van der Waals surface area (Å²) in [5, 5.41) is 3.26. The maximum Gasteiger partial charge on any atom is 0.193 e. The standard InChI is InChI=1S/C14H29N3O4S.HI/c1-4-15-14(17(2)11-13-5-7-21-12-13)16-6-8-20-9-10-22(3,18)19;/h13H,4-12H2,1-3H3,(H,15,16);1H. The average Bonchev–Trinajstić information content (AvgIpc) is 2.93. The van der Waals surface area contributed by atoms with Crippen molar-refractivity contribution in [2.24, 2.45) is 10.9 Å². The van der Waals surface area contributed by atoms with Gasteiger partial charge in [-0.3, -0.25) is 4.99 Å². The first-order chi connectivity index (χ1) is 10.4. The Morgan fingerprint density at radius 1 is 1.43 bits per heavy atom. The van der Waals surface area contributed by atoms with Crippen LogP contribution in [0.3, 0.4) is 0 Å². The maximum absolute atomic E-state index is 11.0. The van der Waals surface area contributed by atoms with Crippen molar-refractivity contribution in [3.05, 3.63) is 0 Å². The molecule has 1 rings (SSSR count). The lowest BCUT2D eigenvalue weighted by Gasteiger charge is -2.24. The summed E-state index contributed by atoms with van der Waals surface area (Å²) < 4.78 is 32.6. The van der Waals surface area contributed by atoms with Crippen molar-refractivity contribution in [3.8, 4) is 0 Å². The Bertz CT molecular complexity index is 439. The second kappa shape index (κ2) is 12.3. The molecule has 1 fully saturated rings. The predicted octanol–water partition coefficient (Wildman–Crippen LogP) is 0.599. The molecule has 0 saturated carbocycles. The van der Waals surface area contributed by atoms with Crippen molar-refractivity contribution in [2.75, 3.05) is 65.1 Å². The van der Waals surface area contributed by atoms with E-state index in [1.54, 1.807) is 0 Å². The number of sulfone groups is 1. The number of rotatable bonds is 9. The predicted molar refractivity (Wildman–Crippen MR) is 103 cm³/mol. The van der Waals surface area contributed by atoms with Crippen LogP contribution in [0.4, 0.5) is 0 Å². The molecular weight excluding hydrogens is 433 g/mol. The van der Waals surface area contributed by atoms with Gasteiger partial charge < -0.3 is 19.7 Å². The zero-order valence-electron chi connectivity index (χ0n) is 14.3. The van der Waals surface area contributed by atoms with E-state index in [-0.39, 0.29) is 36.3 Å². The molecule has 1 unspecified atom stereocenters. The Balaban J connectivity index is 0.00000484. The summed E-state index contributed by atoms with van der Waals surface area (Å²) in [6, 6.07) is 0. The summed E-state index contributed by atoms with van der Waals surface area (Å²) in [6.07, 6.45) is 2.30. The molecule has 7 nitrogen and oxygen atoms in total. The Kier molecular flexibility index (Phi) is 12.2. The SMILES string of the molecule is CCNC(=NCCOCCS(C)(=O)=O)N(C)CC1CCOC1.I. The number of nitrogens with zero attached hydrogens (tertiary/aromatic N) is 2. The number of nitrogens with one attached hydrogen (secondary N) is 1. The highest BCUT2D eigenvalue weighted by Crippen LogP contribution is 2.13. The third-order valence-corrected chi connectivity index (χ3v) is 4.26. The first kappa shape index (κ1) is 22.9. The summed E-state index contributed by atoms with van der Waals surface area (Å²) in [5.74, 6) is 1.46. The summed E-state index contributed by atoms with van der Waals surface area (Å²) in [5.41, 5.74) is 0. The minimum absolute atomic E-state index is 0. The minimum Gasteiger partial charge on any atom is -0.381 e. The van der Waals surface area contributed by atoms with Crippen molar-refractivity contribution in [3.63, 3.8) is 0 Å². The third-order valence-electron chi connectivity index (χ3n) is 3.35. The van der Waals surface area contributed by atoms with Gasteiger partial charge in [-0.05, 0) is 13.3 Å². The van der Waals surface area contributed by atoms with E-state index >= 15 is 0 Å². The van der Waals surface area contributed by atoms with Crippen LogP contribution in [0, 0.1) is 5.92 Å². The Morgan fingerprint density at radius 2 is 2.17 bits per heavy atom. The minimum atomic E-state index is -2.96. The fourth-order valence-corrected chi connectivity index (χ4v) is 2.62. The zero-order chi connectivity index (χ0) is 16.4. The van der Waals surface area contributed by atoms with Gasteiger partial charge in [-0.25, -0.2) is 8.42 Å². The highest BCUT2D eigenvalue weighted by Gasteiger charge is 2.18. The van der Waals surface area contributed by atoms with Gasteiger partial charge in [0.2, 0.25) is 0 Å². The molecule has 1 aliphatic rings. The van der Waals surface area contributed by atoms with Crippen LogP contribution in [-0.2, 0) is 19.3 Å². The fraction of sp³-hybridized carbons (Fsp3) is 0.929. The molecule has 0 spiro atoms. The number of aliphatic imine (C=N–C) groups is 1. The number of hydrogen-bond acceptors (Lipinski definition) is 5. The van der Waals surface area contributed by atoms with Crippen LogP contribution in [0.2, 0.25) is 0 Å². The van der Waals surface area contributed by atoms with Crippen LogP contribution in [0.5, 0.6) is 0 Å². The number of ether oxygens (including phenoxy) is 2. The molecule has 0 aliphatic carbocycles. The van der Waals surface area contributed by atoms with Gasteiger partial charge in [0.25, 0.3) is 0 Å². The van der Waals surface area contributed by atoms with Crippen LogP contribution in [-0.4, -0.2) is 84.4 Å². The number of hydrogen-bond donors (Lipinski definition) is 1. The molecule has 1 saturated heterocycles. The molecular formula is C14H30IN3O4S. The first-order valence-electron chi connectivity index (χ1n) is 7.75. The highest BCUT2D eigenvalue weighted by molar-refractivity contribution is 14.0. The van der Waals surface area contributed by atoms with Crippen molar-refractivity contribution in [2.45, 2.75) is 13.3 Å². The Hall–Kier alpha value is -0.130. The van der Waals surface area contributed by atoms with Crippen molar-refractivity contribution < 1.29 is 17.9 Å². The molecule has 0 bridgehead atoms. The lowest BCUT2D eigenvalue weighted by molar-refractivity contribution is 0.157. The zero-order valence-corrected chi connectivity index (χ0v) is 17.4. The Labute approximate surface area is 157 Å².